The van der Waals surface area contributed by atoms with Crippen molar-refractivity contribution in [1.82, 2.24) is 9.78 Å². The third-order valence-corrected chi connectivity index (χ3v) is 7.28. The number of ether oxygens (including phenoxy) is 3. The molecule has 0 fully saturated rings. The summed E-state index contributed by atoms with van der Waals surface area (Å²) in [7, 11) is -1.22. The molecule has 180 valence electrons. The average molecular weight is 493 g/mol. The van der Waals surface area contributed by atoms with E-state index in [1.807, 2.05) is 13.0 Å². The van der Waals surface area contributed by atoms with Gasteiger partial charge in [0.25, 0.3) is 0 Å². The third-order valence-electron chi connectivity index (χ3n) is 5.38. The van der Waals surface area contributed by atoms with Gasteiger partial charge < -0.3 is 14.2 Å². The molecule has 4 rings (SSSR count). The van der Waals surface area contributed by atoms with Crippen molar-refractivity contribution in [3.63, 3.8) is 0 Å². The Kier molecular flexibility index (Phi) is 6.61. The molecular formula is C26H24N2O6S. The molecule has 0 amide bonds. The number of sulfone groups is 1. The van der Waals surface area contributed by atoms with Gasteiger partial charge in [0.05, 0.1) is 30.5 Å². The maximum atomic E-state index is 13.7. The van der Waals surface area contributed by atoms with Gasteiger partial charge in [-0.3, -0.25) is 0 Å². The quantitative estimate of drug-likeness (QED) is 0.349. The molecule has 0 aliphatic rings. The molecule has 1 heterocycles. The molecule has 35 heavy (non-hydrogen) atoms. The normalized spacial score (nSPS) is 11.2. The Hall–Kier alpha value is -4.11. The van der Waals surface area contributed by atoms with E-state index in [0.29, 0.717) is 11.4 Å². The minimum atomic E-state index is -4.08. The van der Waals surface area contributed by atoms with Crippen LogP contribution in [-0.2, 0) is 9.84 Å². The van der Waals surface area contributed by atoms with Crippen LogP contribution in [0.25, 0.3) is 5.69 Å². The molecule has 0 aliphatic carbocycles. The number of hydrogen-bond donors (Lipinski definition) is 0. The number of aryl methyl sites for hydroxylation is 2. The number of aromatic nitrogens is 2. The molecule has 0 aliphatic heterocycles. The van der Waals surface area contributed by atoms with Crippen molar-refractivity contribution >= 4 is 15.8 Å². The SMILES string of the molecule is COc1cccc(C(=O)Oc2c(S(=O)(=O)c3ccc(C)cc3)c(C)nn2-c2ccccc2)c1OC. The Morgan fingerprint density at radius 3 is 2.17 bits per heavy atom. The van der Waals surface area contributed by atoms with Gasteiger partial charge in [-0.05, 0) is 50.2 Å². The zero-order valence-corrected chi connectivity index (χ0v) is 20.5. The predicted molar refractivity (Wildman–Crippen MR) is 129 cm³/mol. The van der Waals surface area contributed by atoms with Gasteiger partial charge in [-0.15, -0.1) is 0 Å². The van der Waals surface area contributed by atoms with E-state index in [-0.39, 0.29) is 32.7 Å². The topological polar surface area (TPSA) is 96.7 Å². The first-order valence-electron chi connectivity index (χ1n) is 10.7. The van der Waals surface area contributed by atoms with Crippen molar-refractivity contribution in [3.05, 3.63) is 89.6 Å². The number of rotatable bonds is 7. The van der Waals surface area contributed by atoms with Crippen molar-refractivity contribution in [3.8, 4) is 23.1 Å². The lowest BCUT2D eigenvalue weighted by Crippen LogP contribution is -2.15. The summed E-state index contributed by atoms with van der Waals surface area (Å²) in [5.41, 5.74) is 1.71. The van der Waals surface area contributed by atoms with Gasteiger partial charge >= 0.3 is 5.97 Å². The first-order chi connectivity index (χ1) is 16.8. The van der Waals surface area contributed by atoms with E-state index in [2.05, 4.69) is 5.10 Å². The van der Waals surface area contributed by atoms with Crippen molar-refractivity contribution < 1.29 is 27.4 Å². The molecule has 0 unspecified atom stereocenters. The third kappa shape index (κ3) is 4.50. The van der Waals surface area contributed by atoms with Crippen LogP contribution in [-0.4, -0.2) is 38.4 Å². The fourth-order valence-corrected chi connectivity index (χ4v) is 5.18. The van der Waals surface area contributed by atoms with Crippen LogP contribution in [0.2, 0.25) is 0 Å². The molecule has 0 spiro atoms. The van der Waals surface area contributed by atoms with Crippen LogP contribution in [0.4, 0.5) is 0 Å². The van der Waals surface area contributed by atoms with Gasteiger partial charge in [0.15, 0.2) is 16.4 Å². The number of benzene rings is 3. The highest BCUT2D eigenvalue weighted by molar-refractivity contribution is 7.91. The van der Waals surface area contributed by atoms with Crippen LogP contribution in [0.5, 0.6) is 17.4 Å². The van der Waals surface area contributed by atoms with E-state index in [9.17, 15) is 13.2 Å². The lowest BCUT2D eigenvalue weighted by Gasteiger charge is -2.14. The monoisotopic (exact) mass is 492 g/mol. The number of carbonyl (C=O) groups is 1. The summed E-state index contributed by atoms with van der Waals surface area (Å²) in [6.07, 6.45) is 0. The molecule has 0 radical (unpaired) electrons. The Balaban J connectivity index is 1.90. The average Bonchev–Trinajstić information content (AvgIpc) is 3.20. The zero-order valence-electron chi connectivity index (χ0n) is 19.7. The predicted octanol–water partition coefficient (Wildman–Crippen LogP) is 4.56. The minimum absolute atomic E-state index is 0.0649. The van der Waals surface area contributed by atoms with Crippen LogP contribution >= 0.6 is 0 Å². The Morgan fingerprint density at radius 2 is 1.54 bits per heavy atom. The second-order valence-corrected chi connectivity index (χ2v) is 9.60. The van der Waals surface area contributed by atoms with Gasteiger partial charge in [0.2, 0.25) is 15.7 Å². The number of methoxy groups -OCH3 is 2. The maximum Gasteiger partial charge on any atom is 0.348 e. The molecular weight excluding hydrogens is 468 g/mol. The minimum Gasteiger partial charge on any atom is -0.493 e. The van der Waals surface area contributed by atoms with Gasteiger partial charge in [-0.1, -0.05) is 42.0 Å². The summed E-state index contributed by atoms with van der Waals surface area (Å²) in [5.74, 6) is -0.532. The van der Waals surface area contributed by atoms with Gasteiger partial charge in [-0.25, -0.2) is 13.2 Å². The number of nitrogens with zero attached hydrogens (tertiary/aromatic N) is 2. The van der Waals surface area contributed by atoms with Gasteiger partial charge in [0, 0.05) is 0 Å². The van der Waals surface area contributed by atoms with E-state index >= 15 is 0 Å². The lowest BCUT2D eigenvalue weighted by molar-refractivity contribution is 0.0714. The Morgan fingerprint density at radius 1 is 0.857 bits per heavy atom. The summed E-state index contributed by atoms with van der Waals surface area (Å²) in [5, 5.41) is 4.42. The number of hydrogen-bond acceptors (Lipinski definition) is 7. The molecule has 0 atom stereocenters. The number of para-hydroxylation sites is 2. The molecule has 3 aromatic carbocycles. The molecule has 1 aromatic heterocycles. The Bertz CT molecular complexity index is 1480. The molecule has 4 aromatic rings. The number of esters is 1. The van der Waals surface area contributed by atoms with Crippen LogP contribution in [0.3, 0.4) is 0 Å². The first kappa shape index (κ1) is 24.0. The molecule has 0 N–H and O–H groups in total. The van der Waals surface area contributed by atoms with E-state index in [1.54, 1.807) is 55.5 Å². The molecule has 9 heteroatoms. The lowest BCUT2D eigenvalue weighted by atomic mass is 10.2. The highest BCUT2D eigenvalue weighted by Gasteiger charge is 2.33. The van der Waals surface area contributed by atoms with Crippen LogP contribution in [0.1, 0.15) is 21.6 Å². The standard InChI is InChI=1S/C26H24N2O6S/c1-17-13-15-20(16-14-17)35(30,31)24-18(2)27-28(19-9-6-5-7-10-19)25(24)34-26(29)21-11-8-12-22(32-3)23(21)33-4/h5-16H,1-4H3. The van der Waals surface area contributed by atoms with Crippen molar-refractivity contribution in [2.75, 3.05) is 14.2 Å². The molecule has 0 saturated heterocycles. The van der Waals surface area contributed by atoms with Gasteiger partial charge in [-0.2, -0.15) is 9.78 Å². The van der Waals surface area contributed by atoms with E-state index in [0.717, 1.165) is 5.56 Å². The number of carbonyl (C=O) groups excluding carboxylic acids is 1. The first-order valence-corrected chi connectivity index (χ1v) is 12.2. The summed E-state index contributed by atoms with van der Waals surface area (Å²) in [6, 6.07) is 20.0. The maximum absolute atomic E-state index is 13.7. The van der Waals surface area contributed by atoms with Crippen LogP contribution in [0, 0.1) is 13.8 Å². The van der Waals surface area contributed by atoms with Crippen LogP contribution < -0.4 is 14.2 Å². The van der Waals surface area contributed by atoms with Crippen LogP contribution in [0.15, 0.2) is 82.6 Å². The van der Waals surface area contributed by atoms with E-state index in [1.165, 1.54) is 37.1 Å². The smallest absolute Gasteiger partial charge is 0.348 e. The molecule has 8 nitrogen and oxygen atoms in total. The highest BCUT2D eigenvalue weighted by Crippen LogP contribution is 2.37. The highest BCUT2D eigenvalue weighted by atomic mass is 32.2. The van der Waals surface area contributed by atoms with Gasteiger partial charge in [0.1, 0.15) is 5.56 Å². The van der Waals surface area contributed by atoms with Crippen molar-refractivity contribution in [2.24, 2.45) is 0 Å². The summed E-state index contributed by atoms with van der Waals surface area (Å²) < 4.78 is 45.1. The van der Waals surface area contributed by atoms with Crippen molar-refractivity contribution in [2.45, 2.75) is 23.6 Å². The second kappa shape index (κ2) is 9.63. The summed E-state index contributed by atoms with van der Waals surface area (Å²) in [6.45, 7) is 3.42. The fourth-order valence-electron chi connectivity index (χ4n) is 3.66. The summed E-state index contributed by atoms with van der Waals surface area (Å²) >= 11 is 0. The molecule has 0 saturated carbocycles. The fraction of sp³-hybridized carbons (Fsp3) is 0.154. The summed E-state index contributed by atoms with van der Waals surface area (Å²) in [4.78, 5) is 13.2. The largest absolute Gasteiger partial charge is 0.493 e. The van der Waals surface area contributed by atoms with Crippen molar-refractivity contribution in [1.29, 1.82) is 0 Å². The Labute approximate surface area is 203 Å². The molecule has 0 bridgehead atoms. The second-order valence-electron chi connectivity index (χ2n) is 7.71. The van der Waals surface area contributed by atoms with E-state index in [4.69, 9.17) is 14.2 Å². The zero-order chi connectivity index (χ0) is 25.2. The van der Waals surface area contributed by atoms with E-state index < -0.39 is 15.8 Å².